The number of rotatable bonds is 3. The van der Waals surface area contributed by atoms with Crippen molar-refractivity contribution in [1.82, 2.24) is 14.9 Å². The molecule has 1 aromatic carbocycles. The number of aromatic nitrogens is 2. The van der Waals surface area contributed by atoms with E-state index in [9.17, 15) is 14.4 Å². The normalized spacial score (nSPS) is 17.9. The van der Waals surface area contributed by atoms with Crippen LogP contribution in [-0.2, 0) is 17.9 Å². The lowest BCUT2D eigenvalue weighted by Gasteiger charge is -2.19. The quantitative estimate of drug-likeness (QED) is 0.787. The van der Waals surface area contributed by atoms with Crippen molar-refractivity contribution in [3.05, 3.63) is 68.0 Å². The number of fused-ring (bicyclic) bond motifs is 1. The predicted octanol–water partition coefficient (Wildman–Crippen LogP) is 0.319. The van der Waals surface area contributed by atoms with Crippen LogP contribution < -0.4 is 11.2 Å². The molecule has 20 heavy (non-hydrogen) atoms. The van der Waals surface area contributed by atoms with Crippen molar-refractivity contribution in [2.75, 3.05) is 0 Å². The molecule has 2 N–H and O–H groups in total. The molecule has 0 aliphatic carbocycles. The molecule has 102 valence electrons. The SMILES string of the molecule is O=CC1c2[nH]c(=O)[nH]c(=O)c2CN1Cc1ccccc1. The van der Waals surface area contributed by atoms with E-state index in [0.29, 0.717) is 24.3 Å². The zero-order valence-corrected chi connectivity index (χ0v) is 10.6. The highest BCUT2D eigenvalue weighted by Crippen LogP contribution is 2.29. The number of H-pyrrole nitrogens is 2. The minimum Gasteiger partial charge on any atom is -0.309 e. The van der Waals surface area contributed by atoms with Crippen molar-refractivity contribution in [2.45, 2.75) is 19.1 Å². The number of carbonyl (C=O) groups is 1. The summed E-state index contributed by atoms with van der Waals surface area (Å²) in [5.41, 5.74) is 0.904. The number of hydrogen-bond acceptors (Lipinski definition) is 4. The summed E-state index contributed by atoms with van der Waals surface area (Å²) in [5.74, 6) is 0. The van der Waals surface area contributed by atoms with Crippen LogP contribution in [0, 0.1) is 0 Å². The first-order chi connectivity index (χ1) is 9.69. The number of nitrogens with one attached hydrogen (secondary N) is 2. The van der Waals surface area contributed by atoms with Gasteiger partial charge in [0.1, 0.15) is 12.3 Å². The van der Waals surface area contributed by atoms with E-state index in [-0.39, 0.29) is 0 Å². The van der Waals surface area contributed by atoms with Gasteiger partial charge in [0.05, 0.1) is 11.3 Å². The topological polar surface area (TPSA) is 86.0 Å². The summed E-state index contributed by atoms with van der Waals surface area (Å²) in [6.07, 6.45) is 0.754. The van der Waals surface area contributed by atoms with Gasteiger partial charge in [-0.25, -0.2) is 4.79 Å². The fourth-order valence-corrected chi connectivity index (χ4v) is 2.55. The van der Waals surface area contributed by atoms with Gasteiger partial charge in [0.2, 0.25) is 0 Å². The zero-order valence-electron chi connectivity index (χ0n) is 10.6. The molecule has 1 atom stereocenters. The molecule has 0 radical (unpaired) electrons. The van der Waals surface area contributed by atoms with Crippen LogP contribution in [0.4, 0.5) is 0 Å². The third-order valence-electron chi connectivity index (χ3n) is 3.48. The smallest absolute Gasteiger partial charge is 0.309 e. The van der Waals surface area contributed by atoms with Gasteiger partial charge in [-0.15, -0.1) is 0 Å². The molecule has 0 fully saturated rings. The van der Waals surface area contributed by atoms with Crippen molar-refractivity contribution in [1.29, 1.82) is 0 Å². The highest BCUT2D eigenvalue weighted by Gasteiger charge is 2.32. The average Bonchev–Trinajstić information content (AvgIpc) is 2.77. The van der Waals surface area contributed by atoms with Crippen LogP contribution in [0.1, 0.15) is 22.9 Å². The Kier molecular flexibility index (Phi) is 3.08. The lowest BCUT2D eigenvalue weighted by Crippen LogP contribution is -2.26. The second kappa shape index (κ2) is 4.90. The van der Waals surface area contributed by atoms with E-state index in [4.69, 9.17) is 0 Å². The molecule has 6 heteroatoms. The largest absolute Gasteiger partial charge is 0.325 e. The highest BCUT2D eigenvalue weighted by atomic mass is 16.2. The maximum atomic E-state index is 11.8. The third-order valence-corrected chi connectivity index (χ3v) is 3.48. The van der Waals surface area contributed by atoms with Gasteiger partial charge in [-0.05, 0) is 5.56 Å². The Labute approximate surface area is 114 Å². The molecule has 1 aliphatic rings. The van der Waals surface area contributed by atoms with Gasteiger partial charge < -0.3 is 9.78 Å². The molecule has 1 aliphatic heterocycles. The Morgan fingerprint density at radius 2 is 1.95 bits per heavy atom. The Bertz CT molecular complexity index is 748. The Morgan fingerprint density at radius 1 is 1.20 bits per heavy atom. The fourth-order valence-electron chi connectivity index (χ4n) is 2.55. The van der Waals surface area contributed by atoms with Crippen molar-refractivity contribution in [3.8, 4) is 0 Å². The van der Waals surface area contributed by atoms with Crippen molar-refractivity contribution in [2.24, 2.45) is 0 Å². The molecule has 2 aromatic rings. The first-order valence-electron chi connectivity index (χ1n) is 6.27. The van der Waals surface area contributed by atoms with Crippen LogP contribution in [0.3, 0.4) is 0 Å². The minimum atomic E-state index is -0.583. The van der Waals surface area contributed by atoms with Gasteiger partial charge in [0.15, 0.2) is 0 Å². The first kappa shape index (κ1) is 12.6. The number of hydrogen-bond donors (Lipinski definition) is 2. The molecule has 0 bridgehead atoms. The van der Waals surface area contributed by atoms with E-state index in [0.717, 1.165) is 11.8 Å². The molecular weight excluding hydrogens is 258 g/mol. The number of benzene rings is 1. The molecule has 0 spiro atoms. The van der Waals surface area contributed by atoms with E-state index in [1.165, 1.54) is 0 Å². The summed E-state index contributed by atoms with van der Waals surface area (Å²) in [4.78, 5) is 41.0. The molecule has 1 unspecified atom stereocenters. The van der Waals surface area contributed by atoms with Gasteiger partial charge in [-0.3, -0.25) is 14.7 Å². The number of aromatic amines is 2. The van der Waals surface area contributed by atoms with Gasteiger partial charge in [0.25, 0.3) is 5.56 Å². The van der Waals surface area contributed by atoms with Crippen LogP contribution in [0.2, 0.25) is 0 Å². The van der Waals surface area contributed by atoms with Crippen LogP contribution in [0.5, 0.6) is 0 Å². The Morgan fingerprint density at radius 3 is 2.65 bits per heavy atom. The van der Waals surface area contributed by atoms with Crippen LogP contribution in [0.25, 0.3) is 0 Å². The monoisotopic (exact) mass is 271 g/mol. The van der Waals surface area contributed by atoms with E-state index < -0.39 is 17.3 Å². The maximum Gasteiger partial charge on any atom is 0.325 e. The molecular formula is C14H13N3O3. The van der Waals surface area contributed by atoms with E-state index in [2.05, 4.69) is 9.97 Å². The van der Waals surface area contributed by atoms with Gasteiger partial charge in [-0.2, -0.15) is 0 Å². The summed E-state index contributed by atoms with van der Waals surface area (Å²) in [5, 5.41) is 0. The molecule has 6 nitrogen and oxygen atoms in total. The van der Waals surface area contributed by atoms with Gasteiger partial charge in [0, 0.05) is 13.1 Å². The molecule has 0 saturated heterocycles. The first-order valence-corrected chi connectivity index (χ1v) is 6.27. The zero-order chi connectivity index (χ0) is 14.1. The third kappa shape index (κ3) is 2.10. The highest BCUT2D eigenvalue weighted by molar-refractivity contribution is 5.62. The van der Waals surface area contributed by atoms with Crippen LogP contribution >= 0.6 is 0 Å². The van der Waals surface area contributed by atoms with E-state index in [1.54, 1.807) is 0 Å². The fraction of sp³-hybridized carbons (Fsp3) is 0.214. The Balaban J connectivity index is 1.97. The number of carbonyl (C=O) groups excluding carboxylic acids is 1. The van der Waals surface area contributed by atoms with Crippen LogP contribution in [0.15, 0.2) is 39.9 Å². The summed E-state index contributed by atoms with van der Waals surface area (Å²) < 4.78 is 0. The van der Waals surface area contributed by atoms with Crippen molar-refractivity contribution < 1.29 is 4.79 Å². The summed E-state index contributed by atoms with van der Waals surface area (Å²) in [6, 6.07) is 9.09. The molecule has 1 aromatic heterocycles. The minimum absolute atomic E-state index is 0.347. The van der Waals surface area contributed by atoms with Crippen molar-refractivity contribution in [3.63, 3.8) is 0 Å². The lowest BCUT2D eigenvalue weighted by molar-refractivity contribution is -0.112. The molecule has 3 rings (SSSR count). The van der Waals surface area contributed by atoms with Gasteiger partial charge in [-0.1, -0.05) is 30.3 Å². The van der Waals surface area contributed by atoms with Crippen molar-refractivity contribution >= 4 is 6.29 Å². The maximum absolute atomic E-state index is 11.8. The predicted molar refractivity (Wildman–Crippen MR) is 72.2 cm³/mol. The second-order valence-electron chi connectivity index (χ2n) is 4.77. The number of aldehydes is 1. The summed E-state index contributed by atoms with van der Waals surface area (Å²) >= 11 is 0. The second-order valence-corrected chi connectivity index (χ2v) is 4.77. The standard InChI is InChI=1S/C14H13N3O3/c18-8-11-12-10(13(19)16-14(20)15-12)7-17(11)6-9-4-2-1-3-5-9/h1-5,8,11H,6-7H2,(H2,15,16,19,20). The molecule has 0 saturated carbocycles. The van der Waals surface area contributed by atoms with E-state index in [1.807, 2.05) is 35.2 Å². The number of nitrogens with zero attached hydrogens (tertiary/aromatic N) is 1. The molecule has 2 heterocycles. The van der Waals surface area contributed by atoms with E-state index >= 15 is 0 Å². The lowest BCUT2D eigenvalue weighted by atomic mass is 10.2. The summed E-state index contributed by atoms with van der Waals surface area (Å²) in [7, 11) is 0. The molecule has 0 amide bonds. The Hall–Kier alpha value is -2.47. The summed E-state index contributed by atoms with van der Waals surface area (Å²) in [6.45, 7) is 0.889. The van der Waals surface area contributed by atoms with Gasteiger partial charge >= 0.3 is 5.69 Å². The van der Waals surface area contributed by atoms with Crippen LogP contribution in [-0.4, -0.2) is 21.2 Å². The average molecular weight is 271 g/mol.